The first-order valence-corrected chi connectivity index (χ1v) is 10.7. The van der Waals surface area contributed by atoms with Crippen molar-refractivity contribution in [3.8, 4) is 11.8 Å². The second kappa shape index (κ2) is 10.3. The molecular weight excluding hydrogens is 476 g/mol. The van der Waals surface area contributed by atoms with Crippen LogP contribution in [0.3, 0.4) is 0 Å². The number of anilines is 1. The standard InChI is InChI=1S/C25H20BrClN2O2/c1-16-5-3-8-23(17(16)2)29-25(30)20(14-28)11-18-9-10-24(22(26)13-18)31-15-19-6-4-7-21(27)12-19/h3-13H,15H2,1-2H3,(H,29,30)/b20-11+. The Morgan fingerprint density at radius 2 is 1.94 bits per heavy atom. The Kier molecular flexibility index (Phi) is 7.51. The molecule has 0 aliphatic rings. The number of nitrogens with one attached hydrogen (secondary N) is 1. The molecule has 31 heavy (non-hydrogen) atoms. The van der Waals surface area contributed by atoms with Gasteiger partial charge in [0.2, 0.25) is 0 Å². The predicted molar refractivity (Wildman–Crippen MR) is 128 cm³/mol. The lowest BCUT2D eigenvalue weighted by Crippen LogP contribution is -2.14. The molecule has 0 heterocycles. The lowest BCUT2D eigenvalue weighted by atomic mass is 10.1. The molecule has 0 bridgehead atoms. The van der Waals surface area contributed by atoms with Crippen LogP contribution in [0.4, 0.5) is 5.69 Å². The number of hydrogen-bond donors (Lipinski definition) is 1. The maximum atomic E-state index is 12.6. The molecule has 0 radical (unpaired) electrons. The Bertz CT molecular complexity index is 1200. The maximum Gasteiger partial charge on any atom is 0.266 e. The molecule has 0 unspecified atom stereocenters. The molecule has 0 saturated heterocycles. The van der Waals surface area contributed by atoms with Crippen LogP contribution in [0, 0.1) is 25.2 Å². The van der Waals surface area contributed by atoms with Crippen LogP contribution in [-0.2, 0) is 11.4 Å². The summed E-state index contributed by atoms with van der Waals surface area (Å²) in [6.07, 6.45) is 1.55. The van der Waals surface area contributed by atoms with Crippen LogP contribution in [0.5, 0.6) is 5.75 Å². The monoisotopic (exact) mass is 494 g/mol. The van der Waals surface area contributed by atoms with Gasteiger partial charge in [-0.25, -0.2) is 0 Å². The average molecular weight is 496 g/mol. The van der Waals surface area contributed by atoms with E-state index in [2.05, 4.69) is 21.2 Å². The minimum absolute atomic E-state index is 0.0143. The average Bonchev–Trinajstić information content (AvgIpc) is 2.74. The van der Waals surface area contributed by atoms with E-state index in [1.807, 2.05) is 62.4 Å². The van der Waals surface area contributed by atoms with Crippen LogP contribution >= 0.6 is 27.5 Å². The van der Waals surface area contributed by atoms with E-state index in [0.717, 1.165) is 21.2 Å². The first-order chi connectivity index (χ1) is 14.9. The number of benzene rings is 3. The van der Waals surface area contributed by atoms with E-state index in [4.69, 9.17) is 16.3 Å². The van der Waals surface area contributed by atoms with E-state index in [0.29, 0.717) is 28.6 Å². The first kappa shape index (κ1) is 22.6. The molecule has 4 nitrogen and oxygen atoms in total. The zero-order chi connectivity index (χ0) is 22.4. The summed E-state index contributed by atoms with van der Waals surface area (Å²) in [5.74, 6) is 0.198. The molecule has 1 amide bonds. The number of carbonyl (C=O) groups excluding carboxylic acids is 1. The highest BCUT2D eigenvalue weighted by molar-refractivity contribution is 9.10. The molecule has 6 heteroatoms. The van der Waals surface area contributed by atoms with Crippen molar-refractivity contribution < 1.29 is 9.53 Å². The van der Waals surface area contributed by atoms with E-state index < -0.39 is 5.91 Å². The highest BCUT2D eigenvalue weighted by Crippen LogP contribution is 2.28. The molecule has 0 aliphatic carbocycles. The Hall–Kier alpha value is -3.07. The molecule has 0 saturated carbocycles. The van der Waals surface area contributed by atoms with Gasteiger partial charge in [-0.15, -0.1) is 0 Å². The highest BCUT2D eigenvalue weighted by Gasteiger charge is 2.12. The summed E-state index contributed by atoms with van der Waals surface area (Å²) < 4.78 is 6.56. The Morgan fingerprint density at radius 1 is 1.16 bits per heavy atom. The molecular formula is C25H20BrClN2O2. The van der Waals surface area contributed by atoms with Gasteiger partial charge in [0.1, 0.15) is 24.0 Å². The van der Waals surface area contributed by atoms with Gasteiger partial charge in [0.05, 0.1) is 4.47 Å². The maximum absolute atomic E-state index is 12.6. The van der Waals surface area contributed by atoms with E-state index in [1.165, 1.54) is 0 Å². The van der Waals surface area contributed by atoms with Crippen molar-refractivity contribution in [1.82, 2.24) is 0 Å². The predicted octanol–water partition coefficient (Wildman–Crippen LogP) is 6.84. The number of halogens is 2. The number of hydrogen-bond acceptors (Lipinski definition) is 3. The van der Waals surface area contributed by atoms with Crippen molar-refractivity contribution in [2.24, 2.45) is 0 Å². The Morgan fingerprint density at radius 3 is 2.65 bits per heavy atom. The molecule has 1 N–H and O–H groups in total. The molecule has 0 aliphatic heterocycles. The van der Waals surface area contributed by atoms with Crippen molar-refractivity contribution >= 4 is 45.2 Å². The topological polar surface area (TPSA) is 62.1 Å². The largest absolute Gasteiger partial charge is 0.488 e. The van der Waals surface area contributed by atoms with Crippen LogP contribution in [-0.4, -0.2) is 5.91 Å². The summed E-state index contributed by atoms with van der Waals surface area (Å²) in [6.45, 7) is 4.27. The number of ether oxygens (including phenoxy) is 1. The lowest BCUT2D eigenvalue weighted by molar-refractivity contribution is -0.112. The van der Waals surface area contributed by atoms with Crippen LogP contribution < -0.4 is 10.1 Å². The summed E-state index contributed by atoms with van der Waals surface area (Å²) in [5.41, 5.74) is 4.40. The van der Waals surface area contributed by atoms with Crippen molar-refractivity contribution in [3.63, 3.8) is 0 Å². The molecule has 156 valence electrons. The van der Waals surface area contributed by atoms with Crippen LogP contribution in [0.25, 0.3) is 6.08 Å². The van der Waals surface area contributed by atoms with Crippen molar-refractivity contribution in [2.45, 2.75) is 20.5 Å². The molecule has 3 aromatic carbocycles. The van der Waals surface area contributed by atoms with Gasteiger partial charge in [-0.2, -0.15) is 5.26 Å². The number of rotatable bonds is 6. The summed E-state index contributed by atoms with van der Waals surface area (Å²) >= 11 is 9.49. The third kappa shape index (κ3) is 5.97. The summed E-state index contributed by atoms with van der Waals surface area (Å²) in [4.78, 5) is 12.6. The van der Waals surface area contributed by atoms with Crippen molar-refractivity contribution in [2.75, 3.05) is 5.32 Å². The minimum Gasteiger partial charge on any atom is -0.488 e. The van der Waals surface area contributed by atoms with Gasteiger partial charge in [0, 0.05) is 10.7 Å². The van der Waals surface area contributed by atoms with Gasteiger partial charge in [-0.05, 0) is 88.4 Å². The zero-order valence-electron chi connectivity index (χ0n) is 17.1. The molecule has 0 fully saturated rings. The SMILES string of the molecule is Cc1cccc(NC(=O)/C(C#N)=C/c2ccc(OCc3cccc(Cl)c3)c(Br)c2)c1C. The van der Waals surface area contributed by atoms with Gasteiger partial charge in [-0.3, -0.25) is 4.79 Å². The normalized spacial score (nSPS) is 11.0. The molecule has 3 rings (SSSR count). The van der Waals surface area contributed by atoms with Crippen molar-refractivity contribution in [3.05, 3.63) is 98.0 Å². The molecule has 3 aromatic rings. The van der Waals surface area contributed by atoms with Gasteiger partial charge in [0.25, 0.3) is 5.91 Å². The summed E-state index contributed by atoms with van der Waals surface area (Å²) in [5, 5.41) is 13.0. The Balaban J connectivity index is 1.73. The minimum atomic E-state index is -0.450. The third-order valence-electron chi connectivity index (χ3n) is 4.77. The van der Waals surface area contributed by atoms with Crippen molar-refractivity contribution in [1.29, 1.82) is 5.26 Å². The quantitative estimate of drug-likeness (QED) is 0.301. The fourth-order valence-electron chi connectivity index (χ4n) is 2.90. The number of amides is 1. The highest BCUT2D eigenvalue weighted by atomic mass is 79.9. The number of nitrogens with zero attached hydrogens (tertiary/aromatic N) is 1. The zero-order valence-corrected chi connectivity index (χ0v) is 19.4. The molecule has 0 spiro atoms. The fraction of sp³-hybridized carbons (Fsp3) is 0.120. The summed E-state index contributed by atoms with van der Waals surface area (Å²) in [7, 11) is 0. The van der Waals surface area contributed by atoms with Crippen LogP contribution in [0.1, 0.15) is 22.3 Å². The number of carbonyl (C=O) groups is 1. The van der Waals surface area contributed by atoms with Gasteiger partial charge in [-0.1, -0.05) is 41.9 Å². The second-order valence-electron chi connectivity index (χ2n) is 6.98. The lowest BCUT2D eigenvalue weighted by Gasteiger charge is -2.11. The van der Waals surface area contributed by atoms with E-state index in [-0.39, 0.29) is 5.57 Å². The fourth-order valence-corrected chi connectivity index (χ4v) is 3.63. The van der Waals surface area contributed by atoms with Gasteiger partial charge in [0.15, 0.2) is 0 Å². The molecule has 0 aromatic heterocycles. The summed E-state index contributed by atoms with van der Waals surface area (Å²) in [6, 6.07) is 20.5. The van der Waals surface area contributed by atoms with Crippen LogP contribution in [0.2, 0.25) is 5.02 Å². The van der Waals surface area contributed by atoms with E-state index >= 15 is 0 Å². The third-order valence-corrected chi connectivity index (χ3v) is 5.62. The number of aryl methyl sites for hydroxylation is 1. The van der Waals surface area contributed by atoms with E-state index in [1.54, 1.807) is 24.3 Å². The molecule has 0 atom stereocenters. The van der Waals surface area contributed by atoms with Gasteiger partial charge < -0.3 is 10.1 Å². The second-order valence-corrected chi connectivity index (χ2v) is 8.27. The van der Waals surface area contributed by atoms with E-state index in [9.17, 15) is 10.1 Å². The number of nitriles is 1. The van der Waals surface area contributed by atoms with Gasteiger partial charge >= 0.3 is 0 Å². The first-order valence-electron chi connectivity index (χ1n) is 9.53. The Labute approximate surface area is 195 Å². The smallest absolute Gasteiger partial charge is 0.266 e. The van der Waals surface area contributed by atoms with Crippen LogP contribution in [0.15, 0.2) is 70.7 Å².